The fourth-order valence-electron chi connectivity index (χ4n) is 3.04. The highest BCUT2D eigenvalue weighted by Gasteiger charge is 2.20. The van der Waals surface area contributed by atoms with Crippen molar-refractivity contribution in [1.82, 2.24) is 14.6 Å². The molecule has 5 nitrogen and oxygen atoms in total. The van der Waals surface area contributed by atoms with Crippen molar-refractivity contribution in [3.05, 3.63) is 78.5 Å². The number of rotatable bonds is 4. The Morgan fingerprint density at radius 2 is 1.72 bits per heavy atom. The number of esters is 1. The molecular weight excluding hydrogens is 484 g/mol. The predicted octanol–water partition coefficient (Wildman–Crippen LogP) is 5.43. The van der Waals surface area contributed by atoms with Crippen molar-refractivity contribution >= 4 is 34.1 Å². The molecule has 148 valence electrons. The second-order valence-electron chi connectivity index (χ2n) is 5.89. The lowest BCUT2D eigenvalue weighted by atomic mass is 10.0. The molecule has 0 N–H and O–H groups in total. The van der Waals surface area contributed by atoms with Crippen molar-refractivity contribution in [2.75, 3.05) is 11.5 Å². The van der Waals surface area contributed by atoms with Gasteiger partial charge in [-0.15, -0.1) is 0 Å². The molecule has 0 spiro atoms. The summed E-state index contributed by atoms with van der Waals surface area (Å²) in [5, 5.41) is 4.67. The molecule has 7 heteroatoms. The summed E-state index contributed by atoms with van der Waals surface area (Å²) in [6, 6.07) is 15.2. The number of aromatic nitrogens is 3. The van der Waals surface area contributed by atoms with Gasteiger partial charge < -0.3 is 4.74 Å². The Bertz CT molecular complexity index is 1110. The van der Waals surface area contributed by atoms with Gasteiger partial charge in [-0.1, -0.05) is 28.7 Å². The van der Waals surface area contributed by atoms with Crippen molar-refractivity contribution in [1.29, 1.82) is 0 Å². The zero-order valence-electron chi connectivity index (χ0n) is 16.0. The Hall–Kier alpha value is -2.81. The van der Waals surface area contributed by atoms with E-state index in [0.717, 1.165) is 22.2 Å². The maximum Gasteiger partial charge on any atom is 0.356 e. The fraction of sp³-hybridized carbons (Fsp3) is 0.136. The van der Waals surface area contributed by atoms with Crippen LogP contribution < -0.4 is 0 Å². The third kappa shape index (κ3) is 4.29. The van der Waals surface area contributed by atoms with Crippen LogP contribution in [0.4, 0.5) is 4.39 Å². The summed E-state index contributed by atoms with van der Waals surface area (Å²) in [6.45, 7) is 2.03. The summed E-state index contributed by atoms with van der Waals surface area (Å²) in [6.07, 6.45) is 3.39. The standard InChI is InChI=1S/C21H16FN3O2.CH3I/c1-2-27-21(26)18-5-3-4-17-19(14-10-12-23-13-11-14)20(24-25(17)18)15-6-8-16(22)9-7-15;1-2/h3-13H,2H2,1H3;1H3. The average Bonchev–Trinajstić information content (AvgIpc) is 3.16. The molecule has 1 aromatic carbocycles. The molecule has 0 amide bonds. The largest absolute Gasteiger partial charge is 0.461 e. The van der Waals surface area contributed by atoms with Crippen LogP contribution in [0.2, 0.25) is 0 Å². The van der Waals surface area contributed by atoms with Gasteiger partial charge in [0, 0.05) is 23.5 Å². The van der Waals surface area contributed by atoms with Gasteiger partial charge in [0.15, 0.2) is 5.69 Å². The van der Waals surface area contributed by atoms with Crippen LogP contribution in [0, 0.1) is 5.82 Å². The van der Waals surface area contributed by atoms with Crippen LogP contribution in [0.15, 0.2) is 67.0 Å². The maximum atomic E-state index is 13.4. The summed E-state index contributed by atoms with van der Waals surface area (Å²) in [5.74, 6) is -0.766. The lowest BCUT2D eigenvalue weighted by Gasteiger charge is -2.05. The molecule has 0 unspecified atom stereocenters. The number of halogens is 2. The molecule has 0 radical (unpaired) electrons. The van der Waals surface area contributed by atoms with Gasteiger partial charge in [-0.25, -0.2) is 13.7 Å². The highest BCUT2D eigenvalue weighted by molar-refractivity contribution is 14.1. The number of benzene rings is 1. The second kappa shape index (κ2) is 9.60. The monoisotopic (exact) mass is 503 g/mol. The van der Waals surface area contributed by atoms with Crippen LogP contribution in [0.1, 0.15) is 17.4 Å². The van der Waals surface area contributed by atoms with Crippen molar-refractivity contribution in [3.8, 4) is 22.4 Å². The third-order valence-electron chi connectivity index (χ3n) is 4.23. The van der Waals surface area contributed by atoms with E-state index in [1.807, 2.05) is 23.1 Å². The Kier molecular flexibility index (Phi) is 6.92. The number of hydrogen-bond donors (Lipinski definition) is 0. The number of carbonyl (C=O) groups is 1. The molecule has 0 atom stereocenters. The first-order chi connectivity index (χ1) is 14.2. The minimum atomic E-state index is -0.447. The van der Waals surface area contributed by atoms with Crippen molar-refractivity contribution < 1.29 is 13.9 Å². The van der Waals surface area contributed by atoms with Crippen LogP contribution in [-0.4, -0.2) is 32.1 Å². The number of fused-ring (bicyclic) bond motifs is 1. The summed E-state index contributed by atoms with van der Waals surface area (Å²) in [5.41, 5.74) is 4.24. The van der Waals surface area contributed by atoms with E-state index in [4.69, 9.17) is 4.74 Å². The van der Waals surface area contributed by atoms with Gasteiger partial charge in [0.25, 0.3) is 0 Å². The quantitative estimate of drug-likeness (QED) is 0.212. The van der Waals surface area contributed by atoms with Crippen LogP contribution in [0.25, 0.3) is 27.9 Å². The normalized spacial score (nSPS) is 10.3. The molecule has 0 aliphatic rings. The minimum absolute atomic E-state index is 0.276. The highest BCUT2D eigenvalue weighted by Crippen LogP contribution is 2.35. The van der Waals surface area contributed by atoms with Gasteiger partial charge in [0.05, 0.1) is 12.1 Å². The van der Waals surface area contributed by atoms with E-state index in [1.165, 1.54) is 12.1 Å². The molecule has 3 aromatic heterocycles. The van der Waals surface area contributed by atoms with Gasteiger partial charge in [0.2, 0.25) is 0 Å². The number of pyridine rings is 2. The second-order valence-corrected chi connectivity index (χ2v) is 5.89. The van der Waals surface area contributed by atoms with Gasteiger partial charge in [-0.3, -0.25) is 4.98 Å². The van der Waals surface area contributed by atoms with Gasteiger partial charge in [-0.2, -0.15) is 5.10 Å². The number of nitrogens with zero attached hydrogens (tertiary/aromatic N) is 3. The van der Waals surface area contributed by atoms with Gasteiger partial charge in [0.1, 0.15) is 11.5 Å². The molecule has 3 heterocycles. The Labute approximate surface area is 181 Å². The number of hydrogen-bond acceptors (Lipinski definition) is 4. The molecule has 0 aliphatic heterocycles. The first-order valence-electron chi connectivity index (χ1n) is 8.92. The lowest BCUT2D eigenvalue weighted by molar-refractivity contribution is 0.0516. The SMILES string of the molecule is CCOC(=O)c1cccc2c(-c3ccncc3)c(-c3ccc(F)cc3)nn12.CI. The zero-order chi connectivity index (χ0) is 20.8. The molecule has 29 heavy (non-hydrogen) atoms. The number of carbonyl (C=O) groups excluding carboxylic acids is 1. The average molecular weight is 503 g/mol. The molecule has 0 aliphatic carbocycles. The number of alkyl halides is 1. The first-order valence-corrected chi connectivity index (χ1v) is 11.1. The van der Waals surface area contributed by atoms with E-state index in [0.29, 0.717) is 11.4 Å². The summed E-state index contributed by atoms with van der Waals surface area (Å²) in [4.78, 5) is 18.4. The summed E-state index contributed by atoms with van der Waals surface area (Å²) < 4.78 is 20.1. The van der Waals surface area contributed by atoms with Gasteiger partial charge in [-0.05, 0) is 65.9 Å². The third-order valence-corrected chi connectivity index (χ3v) is 4.23. The molecule has 0 fully saturated rings. The highest BCUT2D eigenvalue weighted by atomic mass is 127. The van der Waals surface area contributed by atoms with E-state index in [-0.39, 0.29) is 12.4 Å². The van der Waals surface area contributed by atoms with Crippen LogP contribution >= 0.6 is 22.6 Å². The molecule has 0 saturated carbocycles. The van der Waals surface area contributed by atoms with Crippen molar-refractivity contribution in [3.63, 3.8) is 0 Å². The molecule has 4 rings (SSSR count). The van der Waals surface area contributed by atoms with E-state index in [1.54, 1.807) is 48.1 Å². The molecular formula is C22H19FIN3O2. The summed E-state index contributed by atoms with van der Waals surface area (Å²) in [7, 11) is 0. The van der Waals surface area contributed by atoms with E-state index >= 15 is 0 Å². The van der Waals surface area contributed by atoms with Crippen molar-refractivity contribution in [2.45, 2.75) is 6.92 Å². The van der Waals surface area contributed by atoms with E-state index in [9.17, 15) is 9.18 Å². The lowest BCUT2D eigenvalue weighted by Crippen LogP contribution is -2.10. The van der Waals surface area contributed by atoms with E-state index in [2.05, 4.69) is 32.7 Å². The van der Waals surface area contributed by atoms with Crippen LogP contribution in [0.3, 0.4) is 0 Å². The smallest absolute Gasteiger partial charge is 0.356 e. The first kappa shape index (κ1) is 20.9. The molecule has 0 bridgehead atoms. The topological polar surface area (TPSA) is 56.5 Å². The zero-order valence-corrected chi connectivity index (χ0v) is 18.1. The molecule has 4 aromatic rings. The Morgan fingerprint density at radius 1 is 1.03 bits per heavy atom. The Morgan fingerprint density at radius 3 is 2.38 bits per heavy atom. The predicted molar refractivity (Wildman–Crippen MR) is 120 cm³/mol. The summed E-state index contributed by atoms with van der Waals surface area (Å²) >= 11 is 2.15. The van der Waals surface area contributed by atoms with Crippen LogP contribution in [0.5, 0.6) is 0 Å². The Balaban J connectivity index is 0.00000117. The van der Waals surface area contributed by atoms with E-state index < -0.39 is 5.97 Å². The molecule has 0 saturated heterocycles. The number of ether oxygens (including phenoxy) is 1. The van der Waals surface area contributed by atoms with Crippen LogP contribution in [-0.2, 0) is 4.74 Å². The van der Waals surface area contributed by atoms with Crippen molar-refractivity contribution in [2.24, 2.45) is 0 Å². The maximum absolute atomic E-state index is 13.4. The minimum Gasteiger partial charge on any atom is -0.461 e. The van der Waals surface area contributed by atoms with Gasteiger partial charge >= 0.3 is 5.97 Å². The fourth-order valence-corrected chi connectivity index (χ4v) is 3.04.